The number of anilines is 3. The predicted octanol–water partition coefficient (Wildman–Crippen LogP) is 9.29. The van der Waals surface area contributed by atoms with E-state index in [0.717, 1.165) is 49.6 Å². The Labute approximate surface area is 421 Å². The maximum absolute atomic E-state index is 14.4. The Morgan fingerprint density at radius 1 is 1.03 bits per heavy atom. The van der Waals surface area contributed by atoms with Crippen LogP contribution in [0, 0.1) is 21.4 Å². The number of aromatic nitrogens is 2. The molecule has 72 heavy (non-hydrogen) atoms. The Morgan fingerprint density at radius 3 is 2.53 bits per heavy atom. The van der Waals surface area contributed by atoms with Gasteiger partial charge in [0.25, 0.3) is 21.6 Å². The second-order valence-electron chi connectivity index (χ2n) is 21.6. The summed E-state index contributed by atoms with van der Waals surface area (Å²) in [6.07, 6.45) is 11.2. The number of sulfonamides is 1. The molecule has 5 aliphatic rings. The van der Waals surface area contributed by atoms with E-state index in [1.54, 1.807) is 25.4 Å². The van der Waals surface area contributed by atoms with E-state index in [4.69, 9.17) is 19.2 Å². The van der Waals surface area contributed by atoms with Crippen molar-refractivity contribution in [3.05, 3.63) is 99.7 Å². The van der Waals surface area contributed by atoms with Gasteiger partial charge in [-0.2, -0.15) is 0 Å². The summed E-state index contributed by atoms with van der Waals surface area (Å²) in [6.45, 7) is 10.2. The van der Waals surface area contributed by atoms with Gasteiger partial charge in [-0.05, 0) is 130 Å². The summed E-state index contributed by atoms with van der Waals surface area (Å²) in [5.74, 6) is 0.526. The van der Waals surface area contributed by atoms with Crippen molar-refractivity contribution in [3.63, 3.8) is 0 Å². The number of hydrogen-bond donors (Lipinski definition) is 4. The van der Waals surface area contributed by atoms with Gasteiger partial charge in [0.15, 0.2) is 23.0 Å². The Morgan fingerprint density at radius 2 is 1.79 bits per heavy atom. The van der Waals surface area contributed by atoms with Crippen molar-refractivity contribution in [1.82, 2.24) is 19.6 Å². The molecule has 2 saturated carbocycles. The Kier molecular flexibility index (Phi) is 13.7. The van der Waals surface area contributed by atoms with Gasteiger partial charge in [-0.15, -0.1) is 0 Å². The molecule has 0 radical (unpaired) electrons. The summed E-state index contributed by atoms with van der Waals surface area (Å²) in [5, 5.41) is 27.0. The SMILES string of the molecule is COCCN(C)c1nc2[nH]ccc2cc1Oc1cc(N2CCC3(CC2)CC(N2CCC[C@H]2c2ccccc2C(C)C)C3)ccc1C(=O)NS(=O)(=O)c1cc2c(c([N+](=O)[O-])c1)N[C@@H]([C@H]1CC[C@](C)(O)CC1)CO2. The van der Waals surface area contributed by atoms with Crippen LogP contribution in [0.15, 0.2) is 77.8 Å². The number of nitro benzene ring substituents is 1. The average molecular weight is 1010 g/mol. The zero-order valence-electron chi connectivity index (χ0n) is 42.0. The molecule has 2 aliphatic carbocycles. The molecule has 2 saturated heterocycles. The van der Waals surface area contributed by atoms with Crippen LogP contribution in [0.2, 0.25) is 0 Å². The van der Waals surface area contributed by atoms with Gasteiger partial charge in [-0.25, -0.2) is 18.1 Å². The number of fused-ring (bicyclic) bond motifs is 2. The van der Waals surface area contributed by atoms with E-state index in [9.17, 15) is 28.4 Å². The number of amides is 1. The molecule has 17 nitrogen and oxygen atoms in total. The number of nitrogens with zero attached hydrogens (tertiary/aromatic N) is 5. The number of likely N-dealkylation sites (tertiary alicyclic amines) is 1. The smallest absolute Gasteiger partial charge is 0.297 e. The lowest BCUT2D eigenvalue weighted by atomic mass is 9.59. The summed E-state index contributed by atoms with van der Waals surface area (Å²) in [4.78, 5) is 40.8. The molecule has 0 unspecified atom stereocenters. The Balaban J connectivity index is 0.899. The van der Waals surface area contributed by atoms with E-state index >= 15 is 0 Å². The zero-order chi connectivity index (χ0) is 50.5. The van der Waals surface area contributed by atoms with Crippen LogP contribution in [-0.2, 0) is 14.8 Å². The molecule has 0 bridgehead atoms. The molecule has 2 aromatic heterocycles. The molecular formula is C54H68N8O9S. The highest BCUT2D eigenvalue weighted by Crippen LogP contribution is 2.54. The van der Waals surface area contributed by atoms with E-state index in [1.807, 2.05) is 37.1 Å². The lowest BCUT2D eigenvalue weighted by Crippen LogP contribution is -2.54. The van der Waals surface area contributed by atoms with E-state index in [0.29, 0.717) is 74.1 Å². The topological polar surface area (TPSA) is 205 Å². The number of carbonyl (C=O) groups is 1. The van der Waals surface area contributed by atoms with Crippen LogP contribution in [0.4, 0.5) is 22.9 Å². The van der Waals surface area contributed by atoms with Gasteiger partial charge >= 0.3 is 0 Å². The van der Waals surface area contributed by atoms with Gasteiger partial charge in [-0.3, -0.25) is 19.8 Å². The third kappa shape index (κ3) is 9.94. The molecule has 4 N–H and O–H groups in total. The van der Waals surface area contributed by atoms with Crippen molar-refractivity contribution in [2.75, 3.05) is 68.7 Å². The predicted molar refractivity (Wildman–Crippen MR) is 277 cm³/mol. The molecule has 5 aromatic rings. The normalized spacial score (nSPS) is 23.3. The number of aliphatic hydroxyl groups is 1. The Hall–Kier alpha value is -5.95. The third-order valence-electron chi connectivity index (χ3n) is 16.4. The highest BCUT2D eigenvalue weighted by molar-refractivity contribution is 7.90. The standard InChI is InChI=1S/C54H68N8O9S/c1-34(2)40-9-6-7-10-41(40)44-11-8-22-61(44)38-31-54(32-38)19-23-60(24-20-54)37-12-13-42(46(28-37)71-48-27-36-16-21-55-50(36)57-51(48)59(4)25-26-69-5)52(63)58-72(67,68)39-29-45(62(65)66)49-47(30-39)70-33-43(56-49)35-14-17-53(3,64)18-15-35/h6-7,9-10,12-13,16,21,27-30,34-35,38,43-44,56,64H,8,11,14-15,17-20,22-26,31-33H2,1-5H3,(H,55,57)(H,58,63)/t35-,43-,44+,53-/m1/s1. The fourth-order valence-corrected chi connectivity index (χ4v) is 13.2. The van der Waals surface area contributed by atoms with Crippen LogP contribution in [-0.4, -0.2) is 110 Å². The van der Waals surface area contributed by atoms with E-state index in [2.05, 4.69) is 62.9 Å². The van der Waals surface area contributed by atoms with Crippen molar-refractivity contribution in [3.8, 4) is 17.2 Å². The lowest BCUT2D eigenvalue weighted by molar-refractivity contribution is -0.384. The molecular weight excluding hydrogens is 937 g/mol. The highest BCUT2D eigenvalue weighted by Gasteiger charge is 2.50. The first-order valence-corrected chi connectivity index (χ1v) is 27.1. The van der Waals surface area contributed by atoms with Crippen molar-refractivity contribution in [2.45, 2.75) is 120 Å². The van der Waals surface area contributed by atoms with Gasteiger partial charge in [0.1, 0.15) is 18.0 Å². The number of hydrogen-bond acceptors (Lipinski definition) is 14. The monoisotopic (exact) mass is 1000 g/mol. The van der Waals surface area contributed by atoms with Crippen LogP contribution in [0.1, 0.15) is 118 Å². The molecule has 3 aliphatic heterocycles. The molecule has 10 rings (SSSR count). The average Bonchev–Trinajstić information content (AvgIpc) is 4.04. The summed E-state index contributed by atoms with van der Waals surface area (Å²) in [5.41, 5.74) is 3.45. The summed E-state index contributed by atoms with van der Waals surface area (Å²) < 4.78 is 48.7. The largest absolute Gasteiger partial charge is 0.489 e. The Bertz CT molecular complexity index is 2930. The molecule has 4 fully saturated rings. The van der Waals surface area contributed by atoms with Gasteiger partial charge in [-0.1, -0.05) is 38.1 Å². The van der Waals surface area contributed by atoms with Gasteiger partial charge in [0, 0.05) is 81.3 Å². The summed E-state index contributed by atoms with van der Waals surface area (Å²) >= 11 is 0. The van der Waals surface area contributed by atoms with Crippen molar-refractivity contribution >= 4 is 49.8 Å². The molecule has 18 heteroatoms. The molecule has 5 heterocycles. The van der Waals surface area contributed by atoms with Gasteiger partial charge < -0.3 is 39.4 Å². The fourth-order valence-electron chi connectivity index (χ4n) is 12.2. The number of pyridine rings is 1. The van der Waals surface area contributed by atoms with E-state index in [1.165, 1.54) is 42.9 Å². The summed E-state index contributed by atoms with van der Waals surface area (Å²) in [6, 6.07) is 20.8. The number of aromatic amines is 1. The van der Waals surface area contributed by atoms with Crippen LogP contribution in [0.3, 0.4) is 0 Å². The highest BCUT2D eigenvalue weighted by atomic mass is 32.2. The number of H-pyrrole nitrogens is 1. The van der Waals surface area contributed by atoms with Crippen LogP contribution in [0.25, 0.3) is 11.0 Å². The quantitative estimate of drug-likeness (QED) is 0.0570. The molecule has 384 valence electrons. The second-order valence-corrected chi connectivity index (χ2v) is 23.2. The van der Waals surface area contributed by atoms with Crippen molar-refractivity contribution < 1.29 is 37.5 Å². The number of rotatable bonds is 15. The number of likely N-dealkylation sites (N-methyl/N-ethyl adjacent to an activating group) is 1. The zero-order valence-corrected chi connectivity index (χ0v) is 42.8. The maximum atomic E-state index is 14.4. The molecule has 1 spiro atoms. The molecule has 3 aromatic carbocycles. The number of nitro groups is 1. The van der Waals surface area contributed by atoms with Crippen molar-refractivity contribution in [1.29, 1.82) is 0 Å². The first-order valence-electron chi connectivity index (χ1n) is 25.6. The molecule has 2 atom stereocenters. The van der Waals surface area contributed by atoms with Crippen LogP contribution < -0.4 is 29.3 Å². The first kappa shape index (κ1) is 49.6. The number of nitrogens with one attached hydrogen (secondary N) is 3. The van der Waals surface area contributed by atoms with Crippen LogP contribution in [0.5, 0.6) is 17.2 Å². The lowest BCUT2D eigenvalue weighted by Gasteiger charge is -2.56. The van der Waals surface area contributed by atoms with Gasteiger partial charge in [0.05, 0.1) is 33.6 Å². The van der Waals surface area contributed by atoms with Crippen molar-refractivity contribution in [2.24, 2.45) is 11.3 Å². The third-order valence-corrected chi connectivity index (χ3v) is 17.7. The minimum Gasteiger partial charge on any atom is -0.489 e. The van der Waals surface area contributed by atoms with Crippen LogP contribution >= 0.6 is 0 Å². The number of methoxy groups -OCH3 is 1. The summed E-state index contributed by atoms with van der Waals surface area (Å²) in [7, 11) is -1.23. The number of benzene rings is 3. The number of piperidine rings is 1. The minimum atomic E-state index is -4.71. The fraction of sp³-hybridized carbons (Fsp3) is 0.519. The van der Waals surface area contributed by atoms with Gasteiger partial charge in [0.2, 0.25) is 0 Å². The number of carbonyl (C=O) groups excluding carboxylic acids is 1. The minimum absolute atomic E-state index is 0.00406. The first-order chi connectivity index (χ1) is 34.5. The number of ether oxygens (including phenoxy) is 3. The van der Waals surface area contributed by atoms with E-state index < -0.39 is 37.0 Å². The maximum Gasteiger partial charge on any atom is 0.297 e. The molecule has 1 amide bonds. The van der Waals surface area contributed by atoms with E-state index in [-0.39, 0.29) is 46.7 Å². The second kappa shape index (κ2) is 19.8.